The summed E-state index contributed by atoms with van der Waals surface area (Å²) in [5.74, 6) is -0.693. The second-order valence-corrected chi connectivity index (χ2v) is 17.6. The van der Waals surface area contributed by atoms with Gasteiger partial charge in [0, 0.05) is 62.6 Å². The lowest BCUT2D eigenvalue weighted by molar-refractivity contribution is -0.129. The number of ether oxygens (including phenoxy) is 14. The van der Waals surface area contributed by atoms with Crippen LogP contribution in [-0.4, -0.2) is 251 Å². The summed E-state index contributed by atoms with van der Waals surface area (Å²) in [7, 11) is 0. The number of amides is 4. The molecule has 4 amide bonds. The lowest BCUT2D eigenvalue weighted by Gasteiger charge is -2.19. The number of carbonyl (C=O) groups is 4. The van der Waals surface area contributed by atoms with Gasteiger partial charge in [0.2, 0.25) is 23.6 Å². The smallest absolute Gasteiger partial charge is 0.242 e. The number of isothiocyanates is 1. The monoisotopic (exact) mass is 1160 g/mol. The highest BCUT2D eigenvalue weighted by Gasteiger charge is 2.20. The highest BCUT2D eigenvalue weighted by atomic mass is 32.1. The molecule has 25 heteroatoms. The van der Waals surface area contributed by atoms with Gasteiger partial charge in [-0.2, -0.15) is 0 Å². The van der Waals surface area contributed by atoms with Crippen molar-refractivity contribution in [2.45, 2.75) is 64.3 Å². The number of nitrogens with one attached hydrogen (secondary N) is 5. The normalized spacial score (nSPS) is 11.7. The third kappa shape index (κ3) is 44.5. The first-order valence-corrected chi connectivity index (χ1v) is 28.6. The maximum absolute atomic E-state index is 13.3. The van der Waals surface area contributed by atoms with Gasteiger partial charge in [-0.05, 0) is 62.9 Å². The lowest BCUT2D eigenvalue weighted by atomic mass is 10.1. The second-order valence-electron chi connectivity index (χ2n) is 17.5. The van der Waals surface area contributed by atoms with E-state index in [1.165, 1.54) is 0 Å². The van der Waals surface area contributed by atoms with Gasteiger partial charge in [0.25, 0.3) is 0 Å². The summed E-state index contributed by atoms with van der Waals surface area (Å²) in [6.07, 6.45) is 5.76. The Balaban J connectivity index is 1.43. The predicted molar refractivity (Wildman–Crippen MR) is 302 cm³/mol. The van der Waals surface area contributed by atoms with Crippen molar-refractivity contribution in [3.63, 3.8) is 0 Å². The summed E-state index contributed by atoms with van der Waals surface area (Å²) in [6.45, 7) is 15.5. The zero-order valence-electron chi connectivity index (χ0n) is 47.5. The Hall–Kier alpha value is -4.12. The Morgan fingerprint density at radius 3 is 1.40 bits per heavy atom. The molecule has 0 saturated carbocycles. The molecule has 24 nitrogen and oxygen atoms in total. The van der Waals surface area contributed by atoms with E-state index in [-0.39, 0.29) is 62.6 Å². The zero-order chi connectivity index (χ0) is 57.3. The van der Waals surface area contributed by atoms with Crippen LogP contribution in [0.25, 0.3) is 10.9 Å². The fourth-order valence-corrected chi connectivity index (χ4v) is 7.17. The van der Waals surface area contributed by atoms with Gasteiger partial charge in [-0.1, -0.05) is 18.2 Å². The summed E-state index contributed by atoms with van der Waals surface area (Å²) in [4.78, 5) is 57.6. The Morgan fingerprint density at radius 1 is 0.487 bits per heavy atom. The minimum Gasteiger partial charge on any atom is -0.379 e. The van der Waals surface area contributed by atoms with Gasteiger partial charge in [-0.15, -0.1) is 0 Å². The number of aromatic amines is 1. The third-order valence-electron chi connectivity index (χ3n) is 11.2. The molecule has 0 bridgehead atoms. The summed E-state index contributed by atoms with van der Waals surface area (Å²) < 4.78 is 76.6. The van der Waals surface area contributed by atoms with Crippen molar-refractivity contribution >= 4 is 51.9 Å². The van der Waals surface area contributed by atoms with Crippen LogP contribution < -0.4 is 21.3 Å². The van der Waals surface area contributed by atoms with E-state index in [0.717, 1.165) is 22.9 Å². The van der Waals surface area contributed by atoms with E-state index in [1.807, 2.05) is 31.3 Å². The van der Waals surface area contributed by atoms with Crippen LogP contribution in [0.4, 0.5) is 0 Å². The molecule has 2 aromatic rings. The first-order chi connectivity index (χ1) is 39.4. The number of thiocarbonyl (C=S) groups is 1. The van der Waals surface area contributed by atoms with Crippen LogP contribution in [-0.2, 0) is 91.9 Å². The number of aryl methyl sites for hydroxylation is 1. The van der Waals surface area contributed by atoms with Gasteiger partial charge in [0.1, 0.15) is 6.04 Å². The molecule has 1 atom stereocenters. The van der Waals surface area contributed by atoms with Gasteiger partial charge in [0.05, 0.1) is 190 Å². The van der Waals surface area contributed by atoms with Gasteiger partial charge in [-0.25, -0.2) is 4.99 Å². The van der Waals surface area contributed by atoms with Crippen LogP contribution in [0, 0.1) is 0 Å². The standard InChI is InChI=1S/C55H94N6O18S/c1-2-66-24-25-70-22-17-58-53(63)14-20-68-27-31-73-35-38-76-40-42-78-44-45-79-43-41-77-39-37-75-33-29-71-23-18-59-55(65)51(61-54(64)12-7-8-48-46-60-50-10-4-3-9-49(48)50)11-5-6-15-57-52(62)13-19-67-26-30-72-34-36-74-32-28-69-21-16-56-47-80/h3-4,9-10,46,51,60H,2,5-8,11-45H2,1H3,(H,57,62)(H,58,63)(H,59,65)(H,61,64). The van der Waals surface area contributed by atoms with Crippen LogP contribution >= 0.6 is 12.2 Å². The number of H-pyrrole nitrogens is 1. The molecule has 1 aromatic carbocycles. The average Bonchev–Trinajstić information content (AvgIpc) is 3.87. The highest BCUT2D eigenvalue weighted by Crippen LogP contribution is 2.19. The van der Waals surface area contributed by atoms with E-state index in [9.17, 15) is 19.2 Å². The van der Waals surface area contributed by atoms with Crippen LogP contribution in [0.2, 0.25) is 0 Å². The average molecular weight is 1160 g/mol. The Labute approximate surface area is 478 Å². The molecule has 0 aliphatic heterocycles. The van der Waals surface area contributed by atoms with Gasteiger partial charge in [0.15, 0.2) is 0 Å². The minimum atomic E-state index is -0.730. The van der Waals surface area contributed by atoms with Gasteiger partial charge >= 0.3 is 0 Å². The number of aromatic nitrogens is 1. The zero-order valence-corrected chi connectivity index (χ0v) is 48.3. The summed E-state index contributed by atoms with van der Waals surface area (Å²) >= 11 is 4.50. The molecular weight excluding hydrogens is 1060 g/mol. The maximum atomic E-state index is 13.3. The maximum Gasteiger partial charge on any atom is 0.242 e. The quantitative estimate of drug-likeness (QED) is 0.0362. The van der Waals surface area contributed by atoms with E-state index in [4.69, 9.17) is 66.3 Å². The van der Waals surface area contributed by atoms with Crippen molar-refractivity contribution in [1.29, 1.82) is 0 Å². The summed E-state index contributed by atoms with van der Waals surface area (Å²) in [5.41, 5.74) is 2.20. The number of rotatable bonds is 60. The summed E-state index contributed by atoms with van der Waals surface area (Å²) in [5, 5.41) is 14.9. The fourth-order valence-electron chi connectivity index (χ4n) is 7.08. The number of fused-ring (bicyclic) bond motifs is 1. The third-order valence-corrected chi connectivity index (χ3v) is 11.3. The second kappa shape index (κ2) is 55.4. The number of para-hydroxylation sites is 1. The Morgan fingerprint density at radius 2 is 0.912 bits per heavy atom. The number of benzene rings is 1. The van der Waals surface area contributed by atoms with E-state index >= 15 is 0 Å². The molecule has 5 N–H and O–H groups in total. The molecule has 1 aromatic heterocycles. The molecule has 458 valence electrons. The van der Waals surface area contributed by atoms with Crippen LogP contribution in [0.3, 0.4) is 0 Å². The number of unbranched alkanes of at least 4 members (excludes halogenated alkanes) is 1. The number of aliphatic imine (C=N–C) groups is 1. The number of carbonyl (C=O) groups excluding carboxylic acids is 4. The van der Waals surface area contributed by atoms with E-state index < -0.39 is 6.04 Å². The Bertz CT molecular complexity index is 1850. The molecular formula is C55H94N6O18S. The van der Waals surface area contributed by atoms with Crippen LogP contribution in [0.1, 0.15) is 57.4 Å². The molecule has 0 radical (unpaired) electrons. The molecule has 2 rings (SSSR count). The van der Waals surface area contributed by atoms with Crippen molar-refractivity contribution in [3.05, 3.63) is 36.0 Å². The predicted octanol–water partition coefficient (Wildman–Crippen LogP) is 2.63. The number of nitrogens with zero attached hydrogens (tertiary/aromatic N) is 1. The van der Waals surface area contributed by atoms with Crippen molar-refractivity contribution < 1.29 is 85.5 Å². The van der Waals surface area contributed by atoms with Crippen molar-refractivity contribution in [2.24, 2.45) is 4.99 Å². The van der Waals surface area contributed by atoms with Gasteiger partial charge in [-0.3, -0.25) is 19.2 Å². The molecule has 0 saturated heterocycles. The summed E-state index contributed by atoms with van der Waals surface area (Å²) in [6, 6.07) is 7.32. The van der Waals surface area contributed by atoms with E-state index in [0.29, 0.717) is 217 Å². The number of hydrogen-bond donors (Lipinski definition) is 5. The highest BCUT2D eigenvalue weighted by molar-refractivity contribution is 7.78. The molecule has 80 heavy (non-hydrogen) atoms. The molecule has 0 aliphatic rings. The molecule has 1 heterocycles. The van der Waals surface area contributed by atoms with Crippen molar-refractivity contribution in [2.75, 3.05) is 211 Å². The SMILES string of the molecule is CCOCCOCCNC(=O)CCOCCOCCOCCOCCOCCOCCOCCOCCNC(=O)C(CCCCNC(=O)CCOCCOCCOCCOCCN=C=S)NC(=O)CCCc1c[nH]c2ccccc12. The first-order valence-electron chi connectivity index (χ1n) is 28.2. The van der Waals surface area contributed by atoms with Gasteiger partial charge < -0.3 is 92.6 Å². The molecule has 0 spiro atoms. The largest absolute Gasteiger partial charge is 0.379 e. The molecule has 0 aliphatic carbocycles. The lowest BCUT2D eigenvalue weighted by Crippen LogP contribution is -2.47. The van der Waals surface area contributed by atoms with Crippen molar-refractivity contribution in [1.82, 2.24) is 26.3 Å². The van der Waals surface area contributed by atoms with Crippen molar-refractivity contribution in [3.8, 4) is 0 Å². The topological polar surface area (TPSA) is 274 Å². The van der Waals surface area contributed by atoms with E-state index in [2.05, 4.69) is 54.7 Å². The Kier molecular flexibility index (Phi) is 49.9. The van der Waals surface area contributed by atoms with Crippen LogP contribution in [0.15, 0.2) is 35.5 Å². The molecule has 0 fully saturated rings. The number of hydrogen-bond acceptors (Lipinski definition) is 20. The minimum absolute atomic E-state index is 0.0804. The van der Waals surface area contributed by atoms with Crippen LogP contribution in [0.5, 0.6) is 0 Å². The fraction of sp³-hybridized carbons (Fsp3) is 0.764. The van der Waals surface area contributed by atoms with E-state index in [1.54, 1.807) is 0 Å². The first kappa shape index (κ1) is 72.0. The molecule has 1 unspecified atom stereocenters.